The molecule has 0 saturated carbocycles. The van der Waals surface area contributed by atoms with E-state index in [2.05, 4.69) is 46.3 Å². The average Bonchev–Trinajstić information content (AvgIpc) is 2.47. The number of nitrogens with zero attached hydrogens (tertiary/aromatic N) is 3. The minimum atomic E-state index is -0.0872. The smallest absolute Gasteiger partial charge is 0.155 e. The summed E-state index contributed by atoms with van der Waals surface area (Å²) in [7, 11) is 0. The molecule has 7 heteroatoms. The fraction of sp³-hybridized carbons (Fsp3) is 0.733. The Balaban J connectivity index is 1.81. The molecule has 0 amide bonds. The van der Waals surface area contributed by atoms with E-state index >= 15 is 0 Å². The zero-order valence-electron chi connectivity index (χ0n) is 13.9. The quantitative estimate of drug-likeness (QED) is 0.685. The minimum Gasteiger partial charge on any atom is -0.393 e. The Bertz CT molecular complexity index is 468. The van der Waals surface area contributed by atoms with Crippen molar-refractivity contribution in [2.75, 3.05) is 55.8 Å². The van der Waals surface area contributed by atoms with Gasteiger partial charge >= 0.3 is 0 Å². The molecule has 2 rings (SSSR count). The largest absolute Gasteiger partial charge is 0.393 e. The summed E-state index contributed by atoms with van der Waals surface area (Å²) in [4.78, 5) is 10.9. The maximum Gasteiger partial charge on any atom is 0.155 e. The van der Waals surface area contributed by atoms with Gasteiger partial charge in [-0.15, -0.1) is 0 Å². The first kappa shape index (κ1) is 16.8. The highest BCUT2D eigenvalue weighted by atomic mass is 16.5. The van der Waals surface area contributed by atoms with Crippen LogP contribution in [0.15, 0.2) is 6.33 Å². The Hall–Kier alpha value is -1.60. The summed E-state index contributed by atoms with van der Waals surface area (Å²) in [5.74, 6) is 1.38. The topological polar surface area (TPSA) is 88.3 Å². The van der Waals surface area contributed by atoms with Crippen molar-refractivity contribution in [2.45, 2.75) is 32.7 Å². The summed E-state index contributed by atoms with van der Waals surface area (Å²) < 4.78 is 5.35. The van der Waals surface area contributed by atoms with Gasteiger partial charge in [-0.05, 0) is 33.7 Å². The zero-order valence-corrected chi connectivity index (χ0v) is 13.9. The van der Waals surface area contributed by atoms with Gasteiger partial charge in [0.15, 0.2) is 11.6 Å². The van der Waals surface area contributed by atoms with Gasteiger partial charge in [0.25, 0.3) is 0 Å². The molecule has 0 atom stereocenters. The van der Waals surface area contributed by atoms with Gasteiger partial charge in [0, 0.05) is 25.2 Å². The summed E-state index contributed by atoms with van der Waals surface area (Å²) in [5.41, 5.74) is 6.62. The van der Waals surface area contributed by atoms with Gasteiger partial charge < -0.3 is 21.1 Å². The van der Waals surface area contributed by atoms with E-state index in [1.165, 1.54) is 6.33 Å². The van der Waals surface area contributed by atoms with E-state index in [1.54, 1.807) is 0 Å². The van der Waals surface area contributed by atoms with Crippen LogP contribution < -0.4 is 16.4 Å². The van der Waals surface area contributed by atoms with Crippen molar-refractivity contribution in [3.8, 4) is 0 Å². The molecule has 1 saturated heterocycles. The third kappa shape index (κ3) is 5.31. The molecule has 1 aliphatic rings. The van der Waals surface area contributed by atoms with Crippen LogP contribution in [0, 0.1) is 0 Å². The molecule has 22 heavy (non-hydrogen) atoms. The minimum absolute atomic E-state index is 0.0872. The average molecular weight is 308 g/mol. The van der Waals surface area contributed by atoms with E-state index in [0.29, 0.717) is 17.3 Å². The molecule has 0 spiro atoms. The van der Waals surface area contributed by atoms with Crippen molar-refractivity contribution in [1.82, 2.24) is 14.9 Å². The molecule has 4 N–H and O–H groups in total. The van der Waals surface area contributed by atoms with Crippen molar-refractivity contribution < 1.29 is 4.74 Å². The van der Waals surface area contributed by atoms with Gasteiger partial charge in [-0.1, -0.05) is 0 Å². The van der Waals surface area contributed by atoms with Gasteiger partial charge in [0.1, 0.15) is 12.0 Å². The molecule has 0 unspecified atom stereocenters. The van der Waals surface area contributed by atoms with E-state index in [1.807, 2.05) is 0 Å². The van der Waals surface area contributed by atoms with Gasteiger partial charge in [-0.2, -0.15) is 0 Å². The van der Waals surface area contributed by atoms with E-state index in [4.69, 9.17) is 10.5 Å². The number of nitrogens with two attached hydrogens (primary N) is 1. The van der Waals surface area contributed by atoms with Crippen molar-refractivity contribution in [3.05, 3.63) is 6.33 Å². The lowest BCUT2D eigenvalue weighted by Gasteiger charge is -2.26. The Kier molecular flexibility index (Phi) is 5.79. The first-order valence-corrected chi connectivity index (χ1v) is 7.88. The van der Waals surface area contributed by atoms with Crippen LogP contribution in [0.4, 0.5) is 17.3 Å². The molecule has 7 nitrogen and oxygen atoms in total. The summed E-state index contributed by atoms with van der Waals surface area (Å²) in [6.07, 6.45) is 2.58. The van der Waals surface area contributed by atoms with E-state index < -0.39 is 0 Å². The molecule has 0 bridgehead atoms. The highest BCUT2D eigenvalue weighted by molar-refractivity contribution is 5.74. The van der Waals surface area contributed by atoms with Gasteiger partial charge in [0.2, 0.25) is 0 Å². The van der Waals surface area contributed by atoms with Crippen LogP contribution in [-0.4, -0.2) is 59.8 Å². The second-order valence-corrected chi connectivity index (χ2v) is 6.59. The third-order valence-corrected chi connectivity index (χ3v) is 3.42. The van der Waals surface area contributed by atoms with Crippen molar-refractivity contribution in [1.29, 1.82) is 0 Å². The number of hydrogen-bond donors (Lipinski definition) is 3. The second kappa shape index (κ2) is 7.60. The lowest BCUT2D eigenvalue weighted by atomic mass is 10.1. The zero-order chi connectivity index (χ0) is 16.0. The van der Waals surface area contributed by atoms with Crippen LogP contribution in [0.25, 0.3) is 0 Å². The number of morpholine rings is 1. The molecule has 1 aromatic heterocycles. The first-order valence-electron chi connectivity index (χ1n) is 7.88. The fourth-order valence-corrected chi connectivity index (χ4v) is 2.33. The molecule has 1 aromatic rings. The fourth-order valence-electron chi connectivity index (χ4n) is 2.33. The van der Waals surface area contributed by atoms with Crippen LogP contribution in [0.3, 0.4) is 0 Å². The van der Waals surface area contributed by atoms with Crippen LogP contribution in [-0.2, 0) is 4.74 Å². The van der Waals surface area contributed by atoms with E-state index in [9.17, 15) is 0 Å². The summed E-state index contributed by atoms with van der Waals surface area (Å²) >= 11 is 0. The van der Waals surface area contributed by atoms with Crippen molar-refractivity contribution in [3.63, 3.8) is 0 Å². The van der Waals surface area contributed by atoms with Crippen LogP contribution in [0.2, 0.25) is 0 Å². The molecule has 2 heterocycles. The van der Waals surface area contributed by atoms with Crippen molar-refractivity contribution in [2.24, 2.45) is 0 Å². The van der Waals surface area contributed by atoms with Crippen LogP contribution in [0.5, 0.6) is 0 Å². The molecular weight excluding hydrogens is 280 g/mol. The maximum atomic E-state index is 6.14. The Morgan fingerprint density at radius 2 is 1.91 bits per heavy atom. The number of rotatable bonds is 6. The molecule has 124 valence electrons. The number of nitrogen functional groups attached to an aromatic ring is 1. The predicted octanol–water partition coefficient (Wildman–Crippen LogP) is 1.40. The number of aromatic nitrogens is 2. The Morgan fingerprint density at radius 1 is 1.23 bits per heavy atom. The lowest BCUT2D eigenvalue weighted by Crippen LogP contribution is -2.37. The molecule has 0 aromatic carbocycles. The van der Waals surface area contributed by atoms with Crippen LogP contribution >= 0.6 is 0 Å². The summed E-state index contributed by atoms with van der Waals surface area (Å²) in [6, 6.07) is 0. The second-order valence-electron chi connectivity index (χ2n) is 6.59. The number of hydrogen-bond acceptors (Lipinski definition) is 7. The molecule has 1 fully saturated rings. The Labute approximate surface area is 132 Å². The number of nitrogens with one attached hydrogen (secondary N) is 2. The van der Waals surface area contributed by atoms with Crippen LogP contribution in [0.1, 0.15) is 27.2 Å². The number of ether oxygens (including phenoxy) is 1. The van der Waals surface area contributed by atoms with E-state index in [0.717, 1.165) is 45.8 Å². The Morgan fingerprint density at radius 3 is 2.59 bits per heavy atom. The van der Waals surface area contributed by atoms with Gasteiger partial charge in [0.05, 0.1) is 13.2 Å². The van der Waals surface area contributed by atoms with E-state index in [-0.39, 0.29) is 5.54 Å². The normalized spacial score (nSPS) is 16.5. The SMILES string of the molecule is CC(C)(C)Nc1ncnc(NCCCN2CCOCC2)c1N. The van der Waals surface area contributed by atoms with Crippen molar-refractivity contribution >= 4 is 17.3 Å². The summed E-state index contributed by atoms with van der Waals surface area (Å²) in [5, 5.41) is 6.60. The predicted molar refractivity (Wildman–Crippen MR) is 90.2 cm³/mol. The summed E-state index contributed by atoms with van der Waals surface area (Å²) in [6.45, 7) is 11.9. The molecular formula is C15H28N6O. The highest BCUT2D eigenvalue weighted by Gasteiger charge is 2.15. The first-order chi connectivity index (χ1) is 10.5. The standard InChI is InChI=1S/C15H28N6O/c1-15(2,3)20-14-12(16)13(18-11-19-14)17-5-4-6-21-7-9-22-10-8-21/h11H,4-10,16H2,1-3H3,(H2,17,18,19,20). The van der Waals surface area contributed by atoms with Gasteiger partial charge in [-0.25, -0.2) is 9.97 Å². The van der Waals surface area contributed by atoms with Gasteiger partial charge in [-0.3, -0.25) is 4.90 Å². The maximum absolute atomic E-state index is 6.14. The molecule has 0 aliphatic carbocycles. The molecule has 0 radical (unpaired) electrons. The number of anilines is 3. The monoisotopic (exact) mass is 308 g/mol. The molecule has 1 aliphatic heterocycles. The third-order valence-electron chi connectivity index (χ3n) is 3.42. The highest BCUT2D eigenvalue weighted by Crippen LogP contribution is 2.24. The lowest BCUT2D eigenvalue weighted by molar-refractivity contribution is 0.0378.